The summed E-state index contributed by atoms with van der Waals surface area (Å²) in [5.74, 6) is -4.11. The van der Waals surface area contributed by atoms with Crippen LogP contribution in [-0.2, 0) is 16.4 Å². The molecule has 26 heavy (non-hydrogen) atoms. The van der Waals surface area contributed by atoms with Crippen LogP contribution in [-0.4, -0.2) is 26.1 Å². The molecule has 6 nitrogen and oxygen atoms in total. The summed E-state index contributed by atoms with van der Waals surface area (Å²) in [5.41, 5.74) is 0.365. The quantitative estimate of drug-likeness (QED) is 0.557. The Morgan fingerprint density at radius 2 is 1.85 bits per heavy atom. The molecule has 0 amide bonds. The maximum absolute atomic E-state index is 13.6. The number of aryl methyl sites for hydroxylation is 1. The Bertz CT molecular complexity index is 949. The fourth-order valence-corrected chi connectivity index (χ4v) is 3.09. The van der Waals surface area contributed by atoms with Crippen LogP contribution in [0.1, 0.15) is 11.1 Å². The Labute approximate surface area is 147 Å². The molecule has 0 aromatic heterocycles. The number of alkyl halides is 2. The normalized spacial score (nSPS) is 11.6. The highest BCUT2D eigenvalue weighted by Crippen LogP contribution is 2.32. The Balaban J connectivity index is 2.42. The van der Waals surface area contributed by atoms with E-state index in [2.05, 4.69) is 0 Å². The Hall–Kier alpha value is -2.62. The van der Waals surface area contributed by atoms with E-state index >= 15 is 0 Å². The molecule has 0 atom stereocenters. The zero-order valence-corrected chi connectivity index (χ0v) is 14.6. The molecule has 0 saturated carbocycles. The summed E-state index contributed by atoms with van der Waals surface area (Å²) in [6, 6.07) is 7.06. The molecule has 0 spiro atoms. The topological polar surface area (TPSA) is 80.5 Å². The van der Waals surface area contributed by atoms with E-state index in [1.807, 2.05) is 0 Å². The summed E-state index contributed by atoms with van der Waals surface area (Å²) >= 11 is 0. The highest BCUT2D eigenvalue weighted by molar-refractivity contribution is 7.91. The predicted molar refractivity (Wildman–Crippen MR) is 89.5 cm³/mol. The van der Waals surface area contributed by atoms with Gasteiger partial charge < -0.3 is 4.90 Å². The van der Waals surface area contributed by atoms with Crippen molar-refractivity contribution in [3.8, 4) is 0 Å². The van der Waals surface area contributed by atoms with E-state index in [1.165, 1.54) is 18.0 Å². The third-order valence-corrected chi connectivity index (χ3v) is 5.15. The minimum Gasteiger partial charge on any atom is -0.365 e. The zero-order chi connectivity index (χ0) is 19.6. The van der Waals surface area contributed by atoms with Gasteiger partial charge in [0, 0.05) is 19.7 Å². The lowest BCUT2D eigenvalue weighted by atomic mass is 10.1. The standard InChI is InChI=1S/C16H15F3N2O4S/c1-10-3-4-11(7-13(10)17)9-20(2)14-6-5-12(8-15(14)21(22)23)26(24,25)16(18)19/h3-8,16H,9H2,1-2H3. The molecule has 0 fully saturated rings. The largest absolute Gasteiger partial charge is 0.365 e. The minimum atomic E-state index is -4.95. The van der Waals surface area contributed by atoms with E-state index in [0.717, 1.165) is 12.1 Å². The second-order valence-electron chi connectivity index (χ2n) is 5.65. The molecule has 2 rings (SSSR count). The van der Waals surface area contributed by atoms with Gasteiger partial charge in [0.1, 0.15) is 11.5 Å². The van der Waals surface area contributed by atoms with Crippen molar-refractivity contribution in [2.24, 2.45) is 0 Å². The maximum Gasteiger partial charge on any atom is 0.341 e. The lowest BCUT2D eigenvalue weighted by Gasteiger charge is -2.20. The van der Waals surface area contributed by atoms with Crippen LogP contribution in [0.25, 0.3) is 0 Å². The smallest absolute Gasteiger partial charge is 0.341 e. The molecule has 10 heteroatoms. The average molecular weight is 388 g/mol. The van der Waals surface area contributed by atoms with Crippen molar-refractivity contribution in [3.05, 3.63) is 63.5 Å². The van der Waals surface area contributed by atoms with Crippen molar-refractivity contribution in [1.82, 2.24) is 0 Å². The van der Waals surface area contributed by atoms with Crippen molar-refractivity contribution >= 4 is 21.2 Å². The first kappa shape index (κ1) is 19.7. The Morgan fingerprint density at radius 3 is 2.38 bits per heavy atom. The SMILES string of the molecule is Cc1ccc(CN(C)c2ccc(S(=O)(=O)C(F)F)cc2[N+](=O)[O-])cc1F. The van der Waals surface area contributed by atoms with Crippen LogP contribution in [0.5, 0.6) is 0 Å². The van der Waals surface area contributed by atoms with Gasteiger partial charge in [0.05, 0.1) is 9.82 Å². The highest BCUT2D eigenvalue weighted by Gasteiger charge is 2.30. The monoisotopic (exact) mass is 388 g/mol. The van der Waals surface area contributed by atoms with Crippen molar-refractivity contribution < 1.29 is 26.5 Å². The number of sulfone groups is 1. The lowest BCUT2D eigenvalue weighted by Crippen LogP contribution is -2.19. The van der Waals surface area contributed by atoms with E-state index in [1.54, 1.807) is 19.1 Å². The van der Waals surface area contributed by atoms with Gasteiger partial charge in [-0.15, -0.1) is 0 Å². The Morgan fingerprint density at radius 1 is 1.19 bits per heavy atom. The van der Waals surface area contributed by atoms with Gasteiger partial charge in [-0.2, -0.15) is 8.78 Å². The van der Waals surface area contributed by atoms with Crippen molar-refractivity contribution in [2.75, 3.05) is 11.9 Å². The number of nitro benzene ring substituents is 1. The molecule has 2 aromatic rings. The third kappa shape index (κ3) is 3.96. The number of nitrogens with zero attached hydrogens (tertiary/aromatic N) is 2. The molecule has 0 bridgehead atoms. The maximum atomic E-state index is 13.6. The van der Waals surface area contributed by atoms with Gasteiger partial charge in [0.15, 0.2) is 0 Å². The fourth-order valence-electron chi connectivity index (χ4n) is 2.35. The summed E-state index contributed by atoms with van der Waals surface area (Å²) in [6.45, 7) is 1.69. The van der Waals surface area contributed by atoms with Crippen LogP contribution in [0.2, 0.25) is 0 Å². The molecule has 0 aliphatic heterocycles. The van der Waals surface area contributed by atoms with E-state index in [9.17, 15) is 31.7 Å². The highest BCUT2D eigenvalue weighted by atomic mass is 32.2. The van der Waals surface area contributed by atoms with Crippen LogP contribution in [0.3, 0.4) is 0 Å². The van der Waals surface area contributed by atoms with Crippen molar-refractivity contribution in [2.45, 2.75) is 24.1 Å². The zero-order valence-electron chi connectivity index (χ0n) is 13.8. The lowest BCUT2D eigenvalue weighted by molar-refractivity contribution is -0.384. The summed E-state index contributed by atoms with van der Waals surface area (Å²) in [6.07, 6.45) is 0. The van der Waals surface area contributed by atoms with E-state index in [0.29, 0.717) is 17.2 Å². The summed E-state index contributed by atoms with van der Waals surface area (Å²) in [5, 5.41) is 11.3. The molecular formula is C16H15F3N2O4S. The number of benzene rings is 2. The second kappa shape index (κ2) is 7.32. The van der Waals surface area contributed by atoms with Gasteiger partial charge in [0.2, 0.25) is 9.84 Å². The van der Waals surface area contributed by atoms with E-state index in [-0.39, 0.29) is 12.2 Å². The molecule has 0 saturated heterocycles. The first-order valence-corrected chi connectivity index (χ1v) is 8.85. The number of anilines is 1. The number of halogens is 3. The molecule has 2 aromatic carbocycles. The molecule has 0 N–H and O–H groups in total. The van der Waals surface area contributed by atoms with E-state index < -0.39 is 36.9 Å². The second-order valence-corrected chi connectivity index (χ2v) is 7.57. The number of rotatable bonds is 6. The van der Waals surface area contributed by atoms with Crippen molar-refractivity contribution in [1.29, 1.82) is 0 Å². The van der Waals surface area contributed by atoms with Gasteiger partial charge in [-0.25, -0.2) is 12.8 Å². The molecular weight excluding hydrogens is 373 g/mol. The van der Waals surface area contributed by atoms with Crippen LogP contribution >= 0.6 is 0 Å². The van der Waals surface area contributed by atoms with Gasteiger partial charge in [-0.3, -0.25) is 10.1 Å². The fraction of sp³-hybridized carbons (Fsp3) is 0.250. The van der Waals surface area contributed by atoms with Gasteiger partial charge in [0.25, 0.3) is 5.69 Å². The first-order valence-electron chi connectivity index (χ1n) is 7.30. The number of hydrogen-bond donors (Lipinski definition) is 0. The minimum absolute atomic E-state index is 0.0178. The van der Waals surface area contributed by atoms with Crippen LogP contribution in [0, 0.1) is 22.9 Å². The number of hydrogen-bond acceptors (Lipinski definition) is 5. The van der Waals surface area contributed by atoms with Crippen LogP contribution in [0.15, 0.2) is 41.3 Å². The molecule has 0 unspecified atom stereocenters. The molecule has 0 heterocycles. The van der Waals surface area contributed by atoms with Gasteiger partial charge in [-0.05, 0) is 36.2 Å². The summed E-state index contributed by atoms with van der Waals surface area (Å²) in [7, 11) is -3.46. The van der Waals surface area contributed by atoms with Gasteiger partial charge >= 0.3 is 5.76 Å². The first-order chi connectivity index (χ1) is 12.0. The van der Waals surface area contributed by atoms with E-state index in [4.69, 9.17) is 0 Å². The molecule has 0 aliphatic rings. The number of nitro groups is 1. The third-order valence-electron chi connectivity index (χ3n) is 3.77. The predicted octanol–water partition coefficient (Wildman–Crippen LogP) is 3.68. The van der Waals surface area contributed by atoms with Crippen LogP contribution < -0.4 is 4.90 Å². The molecule has 0 radical (unpaired) electrons. The Kier molecular flexibility index (Phi) is 5.55. The van der Waals surface area contributed by atoms with Crippen molar-refractivity contribution in [3.63, 3.8) is 0 Å². The summed E-state index contributed by atoms with van der Waals surface area (Å²) < 4.78 is 62.0. The average Bonchev–Trinajstić information content (AvgIpc) is 2.57. The molecule has 140 valence electrons. The molecule has 0 aliphatic carbocycles. The summed E-state index contributed by atoms with van der Waals surface area (Å²) in [4.78, 5) is 11.0. The van der Waals surface area contributed by atoms with Gasteiger partial charge in [-0.1, -0.05) is 12.1 Å². The van der Waals surface area contributed by atoms with Crippen LogP contribution in [0.4, 0.5) is 24.5 Å².